The highest BCUT2D eigenvalue weighted by molar-refractivity contribution is 5.91. The number of aliphatic hydroxyl groups is 1. The van der Waals surface area contributed by atoms with Crippen molar-refractivity contribution in [2.45, 2.75) is 6.42 Å². The van der Waals surface area contributed by atoms with Crippen molar-refractivity contribution in [2.24, 2.45) is 0 Å². The van der Waals surface area contributed by atoms with Crippen LogP contribution >= 0.6 is 0 Å². The maximum Gasteiger partial charge on any atom is 0.226 e. The van der Waals surface area contributed by atoms with Gasteiger partial charge >= 0.3 is 0 Å². The van der Waals surface area contributed by atoms with E-state index < -0.39 is 0 Å². The van der Waals surface area contributed by atoms with E-state index in [4.69, 9.17) is 10.1 Å². The number of amides is 1. The third-order valence-corrected chi connectivity index (χ3v) is 6.00. The van der Waals surface area contributed by atoms with E-state index in [9.17, 15) is 4.79 Å². The van der Waals surface area contributed by atoms with E-state index in [-0.39, 0.29) is 18.9 Å². The molecule has 1 amide bonds. The Kier molecular flexibility index (Phi) is 6.31. The fourth-order valence-corrected chi connectivity index (χ4v) is 4.15. The zero-order valence-electron chi connectivity index (χ0n) is 18.8. The number of nitrogens with zero attached hydrogens (tertiary/aromatic N) is 5. The number of hydrogen-bond donors (Lipinski definition) is 2. The Morgan fingerprint density at radius 1 is 0.882 bits per heavy atom. The number of pyridine rings is 1. The molecule has 2 N–H and O–H groups in total. The number of rotatable bonds is 6. The van der Waals surface area contributed by atoms with Gasteiger partial charge < -0.3 is 20.2 Å². The molecular formula is C26H26N6O2. The minimum absolute atomic E-state index is 0.0895. The van der Waals surface area contributed by atoms with Crippen LogP contribution in [0.4, 0.5) is 17.2 Å². The molecule has 8 heteroatoms. The second-order valence-corrected chi connectivity index (χ2v) is 8.21. The summed E-state index contributed by atoms with van der Waals surface area (Å²) in [6, 6.07) is 17.8. The number of piperazine rings is 1. The van der Waals surface area contributed by atoms with Crippen molar-refractivity contribution in [1.29, 1.82) is 0 Å². The van der Waals surface area contributed by atoms with Crippen LogP contribution in [-0.2, 0) is 4.79 Å². The lowest BCUT2D eigenvalue weighted by Crippen LogP contribution is -2.46. The van der Waals surface area contributed by atoms with Gasteiger partial charge in [-0.25, -0.2) is 4.98 Å². The first-order valence-electron chi connectivity index (χ1n) is 11.4. The van der Waals surface area contributed by atoms with Gasteiger partial charge in [0.25, 0.3) is 0 Å². The molecule has 5 rings (SSSR count). The van der Waals surface area contributed by atoms with E-state index >= 15 is 0 Å². The highest BCUT2D eigenvalue weighted by Gasteiger charge is 2.19. The van der Waals surface area contributed by atoms with Crippen molar-refractivity contribution >= 4 is 34.1 Å². The smallest absolute Gasteiger partial charge is 0.226 e. The van der Waals surface area contributed by atoms with Gasteiger partial charge in [-0.15, -0.1) is 0 Å². The number of anilines is 3. The second-order valence-electron chi connectivity index (χ2n) is 8.21. The molecule has 2 aromatic carbocycles. The van der Waals surface area contributed by atoms with Crippen LogP contribution in [0.5, 0.6) is 0 Å². The standard InChI is InChI=1S/C26H26N6O2/c33-16-9-26(34)29-21-4-1-19(2-5-21)20-3-6-23-24(17-20)30-25(18-28-23)32-14-12-31(13-15-32)22-7-10-27-11-8-22/h1-8,10-11,17-18,33H,9,12-16H2,(H,29,34). The zero-order chi connectivity index (χ0) is 23.3. The number of aromatic nitrogens is 3. The topological polar surface area (TPSA) is 94.5 Å². The molecule has 1 saturated heterocycles. The van der Waals surface area contributed by atoms with Crippen LogP contribution in [-0.4, -0.2) is 58.8 Å². The quantitative estimate of drug-likeness (QED) is 0.461. The van der Waals surface area contributed by atoms with Gasteiger partial charge in [-0.2, -0.15) is 0 Å². The summed E-state index contributed by atoms with van der Waals surface area (Å²) in [5.74, 6) is 0.686. The van der Waals surface area contributed by atoms with Gasteiger partial charge in [-0.3, -0.25) is 14.8 Å². The molecule has 8 nitrogen and oxygen atoms in total. The molecular weight excluding hydrogens is 428 g/mol. The van der Waals surface area contributed by atoms with Crippen LogP contribution in [0.1, 0.15) is 6.42 Å². The Labute approximate surface area is 197 Å². The van der Waals surface area contributed by atoms with Gasteiger partial charge in [0.15, 0.2) is 0 Å². The van der Waals surface area contributed by atoms with E-state index in [2.05, 4.69) is 31.2 Å². The van der Waals surface area contributed by atoms with Crippen molar-refractivity contribution < 1.29 is 9.90 Å². The molecule has 1 aliphatic heterocycles. The van der Waals surface area contributed by atoms with E-state index in [1.165, 1.54) is 5.69 Å². The molecule has 172 valence electrons. The van der Waals surface area contributed by atoms with E-state index in [0.717, 1.165) is 54.2 Å². The van der Waals surface area contributed by atoms with E-state index in [0.29, 0.717) is 5.69 Å². The van der Waals surface area contributed by atoms with Crippen molar-refractivity contribution in [3.63, 3.8) is 0 Å². The van der Waals surface area contributed by atoms with E-state index in [1.54, 1.807) is 0 Å². The largest absolute Gasteiger partial charge is 0.396 e. The summed E-state index contributed by atoms with van der Waals surface area (Å²) >= 11 is 0. The van der Waals surface area contributed by atoms with Gasteiger partial charge in [-0.05, 0) is 47.5 Å². The molecule has 3 heterocycles. The molecule has 1 fully saturated rings. The average Bonchev–Trinajstić information content (AvgIpc) is 2.89. The summed E-state index contributed by atoms with van der Waals surface area (Å²) in [6.07, 6.45) is 5.60. The van der Waals surface area contributed by atoms with Crippen LogP contribution in [0.25, 0.3) is 22.2 Å². The van der Waals surface area contributed by atoms with Crippen LogP contribution in [0.3, 0.4) is 0 Å². The fourth-order valence-electron chi connectivity index (χ4n) is 4.15. The molecule has 2 aromatic heterocycles. The first-order valence-corrected chi connectivity index (χ1v) is 11.4. The number of carbonyl (C=O) groups is 1. The van der Waals surface area contributed by atoms with E-state index in [1.807, 2.05) is 67.1 Å². The molecule has 34 heavy (non-hydrogen) atoms. The molecule has 0 spiro atoms. The normalized spacial score (nSPS) is 13.8. The van der Waals surface area contributed by atoms with Crippen molar-refractivity contribution in [3.05, 3.63) is 73.2 Å². The van der Waals surface area contributed by atoms with Crippen molar-refractivity contribution in [1.82, 2.24) is 15.0 Å². The lowest BCUT2D eigenvalue weighted by atomic mass is 10.0. The minimum Gasteiger partial charge on any atom is -0.396 e. The average molecular weight is 455 g/mol. The molecule has 0 unspecified atom stereocenters. The lowest BCUT2D eigenvalue weighted by molar-refractivity contribution is -0.116. The molecule has 0 bridgehead atoms. The first kappa shape index (κ1) is 21.8. The molecule has 0 saturated carbocycles. The summed E-state index contributed by atoms with van der Waals surface area (Å²) in [5, 5.41) is 11.7. The Bertz CT molecular complexity index is 1270. The number of aliphatic hydroxyl groups excluding tert-OH is 1. The summed E-state index contributed by atoms with van der Waals surface area (Å²) in [7, 11) is 0. The van der Waals surface area contributed by atoms with Gasteiger partial charge in [-0.1, -0.05) is 18.2 Å². The maximum absolute atomic E-state index is 11.7. The predicted molar refractivity (Wildman–Crippen MR) is 134 cm³/mol. The van der Waals surface area contributed by atoms with Crippen LogP contribution < -0.4 is 15.1 Å². The Hall–Kier alpha value is -4.04. The second kappa shape index (κ2) is 9.84. The van der Waals surface area contributed by atoms with Gasteiger partial charge in [0.2, 0.25) is 5.91 Å². The van der Waals surface area contributed by atoms with Gasteiger partial charge in [0.1, 0.15) is 5.82 Å². The number of nitrogens with one attached hydrogen (secondary N) is 1. The SMILES string of the molecule is O=C(CCO)Nc1ccc(-c2ccc3ncc(N4CCN(c5ccncc5)CC4)nc3c2)cc1. The van der Waals surface area contributed by atoms with Crippen LogP contribution in [0.2, 0.25) is 0 Å². The zero-order valence-corrected chi connectivity index (χ0v) is 18.8. The van der Waals surface area contributed by atoms with Crippen molar-refractivity contribution in [3.8, 4) is 11.1 Å². The van der Waals surface area contributed by atoms with Crippen LogP contribution in [0.15, 0.2) is 73.2 Å². The minimum atomic E-state index is -0.203. The Morgan fingerprint density at radius 3 is 2.32 bits per heavy atom. The maximum atomic E-state index is 11.7. The van der Waals surface area contributed by atoms with Crippen molar-refractivity contribution in [2.75, 3.05) is 47.9 Å². The molecule has 0 aliphatic carbocycles. The summed E-state index contributed by atoms with van der Waals surface area (Å²) in [6.45, 7) is 3.44. The fraction of sp³-hybridized carbons (Fsp3) is 0.231. The summed E-state index contributed by atoms with van der Waals surface area (Å²) < 4.78 is 0. The number of benzene rings is 2. The number of carbonyl (C=O) groups excluding carboxylic acids is 1. The third kappa shape index (κ3) is 4.82. The number of hydrogen-bond acceptors (Lipinski definition) is 7. The Morgan fingerprint density at radius 2 is 1.59 bits per heavy atom. The van der Waals surface area contributed by atoms with Crippen LogP contribution in [0, 0.1) is 0 Å². The third-order valence-electron chi connectivity index (χ3n) is 6.00. The monoisotopic (exact) mass is 454 g/mol. The summed E-state index contributed by atoms with van der Waals surface area (Å²) in [5.41, 5.74) is 5.68. The van der Waals surface area contributed by atoms with Gasteiger partial charge in [0, 0.05) is 49.9 Å². The lowest BCUT2D eigenvalue weighted by Gasteiger charge is -2.36. The Balaban J connectivity index is 1.31. The first-order chi connectivity index (χ1) is 16.7. The highest BCUT2D eigenvalue weighted by Crippen LogP contribution is 2.26. The molecule has 4 aromatic rings. The number of fused-ring (bicyclic) bond motifs is 1. The molecule has 1 aliphatic rings. The summed E-state index contributed by atoms with van der Waals surface area (Å²) in [4.78, 5) is 30.0. The van der Waals surface area contributed by atoms with Gasteiger partial charge in [0.05, 0.1) is 30.3 Å². The predicted octanol–water partition coefficient (Wildman–Crippen LogP) is 3.34. The molecule has 0 atom stereocenters. The highest BCUT2D eigenvalue weighted by atomic mass is 16.3. The molecule has 0 radical (unpaired) electrons.